The summed E-state index contributed by atoms with van der Waals surface area (Å²) in [6.07, 6.45) is 2.72. The second kappa shape index (κ2) is 7.68. The first-order chi connectivity index (χ1) is 15.6. The number of rotatable bonds is 5. The molecule has 11 heteroatoms. The minimum absolute atomic E-state index is 0.0859. The van der Waals surface area contributed by atoms with E-state index in [2.05, 4.69) is 25.2 Å². The number of carbonyl (C=O) groups excluding carboxylic acids is 1. The molecule has 2 aliphatic heterocycles. The minimum atomic E-state index is -3.21. The van der Waals surface area contributed by atoms with E-state index in [1.165, 1.54) is 11.6 Å². The van der Waals surface area contributed by atoms with E-state index >= 15 is 0 Å². The van der Waals surface area contributed by atoms with Crippen molar-refractivity contribution in [2.45, 2.75) is 58.1 Å². The predicted molar refractivity (Wildman–Crippen MR) is 118 cm³/mol. The molecule has 5 rings (SSSR count). The Kier molecular flexibility index (Phi) is 5.04. The van der Waals surface area contributed by atoms with Crippen molar-refractivity contribution in [3.63, 3.8) is 0 Å². The van der Waals surface area contributed by atoms with Crippen LogP contribution in [-0.4, -0.2) is 55.9 Å². The van der Waals surface area contributed by atoms with Crippen LogP contribution in [0.25, 0.3) is 16.7 Å². The third kappa shape index (κ3) is 3.90. The maximum Gasteiger partial charge on any atom is 0.303 e. The molecular formula is C22H25F2N7O2. The molecule has 1 N–H and O–H groups in total. The molecule has 9 nitrogen and oxygen atoms in total. The summed E-state index contributed by atoms with van der Waals surface area (Å²) in [7, 11) is 0. The Morgan fingerprint density at radius 2 is 2.09 bits per heavy atom. The number of alkyl halides is 2. The Labute approximate surface area is 189 Å². The lowest BCUT2D eigenvalue weighted by Crippen LogP contribution is -2.37. The number of anilines is 2. The van der Waals surface area contributed by atoms with E-state index in [0.29, 0.717) is 36.0 Å². The summed E-state index contributed by atoms with van der Waals surface area (Å²) in [5.74, 6) is -2.85. The number of hydrogen-bond acceptors (Lipinski definition) is 7. The van der Waals surface area contributed by atoms with E-state index in [-0.39, 0.29) is 29.8 Å². The average Bonchev–Trinajstić information content (AvgIpc) is 3.46. The number of nitrogens with one attached hydrogen (secondary N) is 1. The van der Waals surface area contributed by atoms with E-state index in [0.717, 1.165) is 18.7 Å². The molecule has 33 heavy (non-hydrogen) atoms. The molecule has 3 aromatic heterocycles. The van der Waals surface area contributed by atoms with Crippen LogP contribution in [0.4, 0.5) is 20.4 Å². The maximum atomic E-state index is 14.2. The standard InChI is InChI=1S/C22H25F2N7O2/c1-11(2)16-6-19(28-21(27-16)22(4,23)24)31-17-7-18(26-12(3)32)25-8-15(17)20(29-31)30-9-14-5-13(30)10-33-14/h6-8,11,13-14H,5,9-10H2,1-4H3,(H,25,26,32). The number of halogens is 2. The van der Waals surface area contributed by atoms with Crippen LogP contribution in [0.5, 0.6) is 0 Å². The van der Waals surface area contributed by atoms with Gasteiger partial charge in [-0.15, -0.1) is 5.10 Å². The molecule has 0 aromatic carbocycles. The molecule has 2 saturated heterocycles. The first kappa shape index (κ1) is 21.6. The first-order valence-electron chi connectivity index (χ1n) is 10.9. The van der Waals surface area contributed by atoms with Crippen LogP contribution in [0.1, 0.15) is 51.6 Å². The lowest BCUT2D eigenvalue weighted by molar-refractivity contribution is -0.114. The number of hydrogen-bond donors (Lipinski definition) is 1. The van der Waals surface area contributed by atoms with Gasteiger partial charge in [-0.2, -0.15) is 8.78 Å². The van der Waals surface area contributed by atoms with E-state index in [9.17, 15) is 13.6 Å². The Bertz CT molecular complexity index is 1240. The summed E-state index contributed by atoms with van der Waals surface area (Å²) >= 11 is 0. The van der Waals surface area contributed by atoms with Crippen molar-refractivity contribution >= 4 is 28.4 Å². The van der Waals surface area contributed by atoms with Gasteiger partial charge in [0, 0.05) is 44.4 Å². The lowest BCUT2D eigenvalue weighted by Gasteiger charge is -2.26. The predicted octanol–water partition coefficient (Wildman–Crippen LogP) is 3.38. The topological polar surface area (TPSA) is 98.1 Å². The first-order valence-corrected chi connectivity index (χ1v) is 10.9. The number of amides is 1. The summed E-state index contributed by atoms with van der Waals surface area (Å²) in [5, 5.41) is 8.21. The second-order valence-electron chi connectivity index (χ2n) is 9.02. The molecule has 0 saturated carbocycles. The van der Waals surface area contributed by atoms with Gasteiger partial charge in [0.25, 0.3) is 0 Å². The third-order valence-corrected chi connectivity index (χ3v) is 5.96. The summed E-state index contributed by atoms with van der Waals surface area (Å²) in [6.45, 7) is 7.26. The Balaban J connectivity index is 1.71. The average molecular weight is 457 g/mol. The Morgan fingerprint density at radius 3 is 2.70 bits per heavy atom. The maximum absolute atomic E-state index is 14.2. The van der Waals surface area contributed by atoms with E-state index in [1.807, 2.05) is 13.8 Å². The van der Waals surface area contributed by atoms with Gasteiger partial charge in [0.05, 0.1) is 29.7 Å². The van der Waals surface area contributed by atoms with Crippen LogP contribution in [0.15, 0.2) is 18.3 Å². The number of fused-ring (bicyclic) bond motifs is 3. The normalized spacial score (nSPS) is 20.3. The summed E-state index contributed by atoms with van der Waals surface area (Å²) in [5.41, 5.74) is 1.10. The molecule has 2 aliphatic rings. The molecule has 3 aromatic rings. The Morgan fingerprint density at radius 1 is 1.30 bits per heavy atom. The SMILES string of the molecule is CC(=O)Nc1cc2c(cn1)c(N1CC3CC1CO3)nn2-c1cc(C(C)C)nc(C(C)(F)F)n1. The monoisotopic (exact) mass is 457 g/mol. The van der Waals surface area contributed by atoms with Crippen LogP contribution in [0.3, 0.4) is 0 Å². The van der Waals surface area contributed by atoms with Gasteiger partial charge < -0.3 is 15.0 Å². The largest absolute Gasteiger partial charge is 0.374 e. The van der Waals surface area contributed by atoms with Gasteiger partial charge in [0.1, 0.15) is 5.82 Å². The van der Waals surface area contributed by atoms with E-state index in [4.69, 9.17) is 9.84 Å². The number of pyridine rings is 1. The van der Waals surface area contributed by atoms with Crippen molar-refractivity contribution < 1.29 is 18.3 Å². The molecule has 0 aliphatic carbocycles. The number of ether oxygens (including phenoxy) is 1. The van der Waals surface area contributed by atoms with Crippen LogP contribution >= 0.6 is 0 Å². The molecule has 0 radical (unpaired) electrons. The molecule has 2 unspecified atom stereocenters. The third-order valence-electron chi connectivity index (χ3n) is 5.96. The quantitative estimate of drug-likeness (QED) is 0.627. The fraction of sp³-hybridized carbons (Fsp3) is 0.500. The zero-order valence-electron chi connectivity index (χ0n) is 18.8. The molecular weight excluding hydrogens is 432 g/mol. The van der Waals surface area contributed by atoms with Crippen molar-refractivity contribution in [1.82, 2.24) is 24.7 Å². The highest BCUT2D eigenvalue weighted by atomic mass is 19.3. The van der Waals surface area contributed by atoms with Gasteiger partial charge in [-0.3, -0.25) is 4.79 Å². The summed E-state index contributed by atoms with van der Waals surface area (Å²) in [6, 6.07) is 3.55. The van der Waals surface area contributed by atoms with Crippen LogP contribution in [0, 0.1) is 0 Å². The number of carbonyl (C=O) groups is 1. The van der Waals surface area contributed by atoms with E-state index < -0.39 is 11.7 Å². The fourth-order valence-corrected chi connectivity index (χ4v) is 4.34. The molecule has 1 amide bonds. The van der Waals surface area contributed by atoms with Crippen molar-refractivity contribution in [2.75, 3.05) is 23.4 Å². The van der Waals surface area contributed by atoms with Crippen molar-refractivity contribution in [1.29, 1.82) is 0 Å². The Hall–Kier alpha value is -3.21. The highest BCUT2D eigenvalue weighted by Gasteiger charge is 2.41. The zero-order valence-corrected chi connectivity index (χ0v) is 18.8. The van der Waals surface area contributed by atoms with Gasteiger partial charge in [0.15, 0.2) is 11.6 Å². The molecule has 174 valence electrons. The highest BCUT2D eigenvalue weighted by molar-refractivity contribution is 5.95. The number of nitrogens with zero attached hydrogens (tertiary/aromatic N) is 6. The van der Waals surface area contributed by atoms with Crippen LogP contribution in [-0.2, 0) is 15.5 Å². The molecule has 2 bridgehead atoms. The van der Waals surface area contributed by atoms with Crippen molar-refractivity contribution in [3.8, 4) is 5.82 Å². The number of morpholine rings is 1. The van der Waals surface area contributed by atoms with Crippen molar-refractivity contribution in [3.05, 3.63) is 29.8 Å². The zero-order chi connectivity index (χ0) is 23.5. The fourth-order valence-electron chi connectivity index (χ4n) is 4.34. The lowest BCUT2D eigenvalue weighted by atomic mass is 10.1. The molecule has 5 heterocycles. The smallest absolute Gasteiger partial charge is 0.303 e. The minimum Gasteiger partial charge on any atom is -0.374 e. The number of aromatic nitrogens is 5. The van der Waals surface area contributed by atoms with Gasteiger partial charge in [-0.1, -0.05) is 13.8 Å². The molecule has 0 spiro atoms. The van der Waals surface area contributed by atoms with Gasteiger partial charge >= 0.3 is 5.92 Å². The van der Waals surface area contributed by atoms with Crippen LogP contribution in [0.2, 0.25) is 0 Å². The molecule has 2 atom stereocenters. The van der Waals surface area contributed by atoms with Gasteiger partial charge in [0.2, 0.25) is 11.7 Å². The van der Waals surface area contributed by atoms with Gasteiger partial charge in [-0.05, 0) is 12.3 Å². The summed E-state index contributed by atoms with van der Waals surface area (Å²) in [4.78, 5) is 26.4. The highest BCUT2D eigenvalue weighted by Crippen LogP contribution is 2.37. The molecule has 2 fully saturated rings. The van der Waals surface area contributed by atoms with E-state index in [1.54, 1.807) is 18.3 Å². The van der Waals surface area contributed by atoms with Crippen LogP contribution < -0.4 is 10.2 Å². The van der Waals surface area contributed by atoms with Gasteiger partial charge in [-0.25, -0.2) is 19.6 Å². The van der Waals surface area contributed by atoms with Crippen molar-refractivity contribution in [2.24, 2.45) is 0 Å². The summed E-state index contributed by atoms with van der Waals surface area (Å²) < 4.78 is 35.7. The second-order valence-corrected chi connectivity index (χ2v) is 9.02.